The van der Waals surface area contributed by atoms with Crippen molar-refractivity contribution >= 4 is 0 Å². The molecule has 106 valence electrons. The summed E-state index contributed by atoms with van der Waals surface area (Å²) in [6, 6.07) is 6.00. The lowest BCUT2D eigenvalue weighted by Crippen LogP contribution is -2.25. The molecule has 2 unspecified atom stereocenters. The molecule has 0 spiro atoms. The maximum Gasteiger partial charge on any atom is 0.122 e. The van der Waals surface area contributed by atoms with Crippen LogP contribution in [0.25, 0.3) is 0 Å². The number of hydrogen-bond acceptors (Lipinski definition) is 2. The molecule has 2 rings (SSSR count). The summed E-state index contributed by atoms with van der Waals surface area (Å²) in [5.74, 6) is 1.81. The molecule has 0 saturated heterocycles. The molecule has 0 aliphatic heterocycles. The van der Waals surface area contributed by atoms with Gasteiger partial charge in [-0.2, -0.15) is 0 Å². The Hall–Kier alpha value is -1.02. The maximum atomic E-state index is 9.59. The van der Waals surface area contributed by atoms with Crippen molar-refractivity contribution in [3.8, 4) is 5.75 Å². The van der Waals surface area contributed by atoms with E-state index in [4.69, 9.17) is 4.74 Å². The van der Waals surface area contributed by atoms with Crippen molar-refractivity contribution in [2.24, 2.45) is 5.92 Å². The second-order valence-corrected chi connectivity index (χ2v) is 5.88. The summed E-state index contributed by atoms with van der Waals surface area (Å²) < 4.78 is 6.17. The molecule has 0 bridgehead atoms. The molecule has 1 saturated carbocycles. The van der Waals surface area contributed by atoms with E-state index in [9.17, 15) is 5.11 Å². The molecule has 1 fully saturated rings. The molecule has 1 aromatic rings. The molecule has 0 aromatic heterocycles. The first kappa shape index (κ1) is 14.4. The summed E-state index contributed by atoms with van der Waals surface area (Å²) in [6.07, 6.45) is 6.23. The summed E-state index contributed by atoms with van der Waals surface area (Å²) in [5, 5.41) is 9.59. The normalized spacial score (nSPS) is 25.1. The van der Waals surface area contributed by atoms with Crippen molar-refractivity contribution < 1.29 is 9.84 Å². The highest BCUT2D eigenvalue weighted by molar-refractivity contribution is 5.37. The van der Waals surface area contributed by atoms with Crippen molar-refractivity contribution in [2.75, 3.05) is 0 Å². The minimum atomic E-state index is -0.410. The molecule has 2 heteroatoms. The van der Waals surface area contributed by atoms with Gasteiger partial charge in [-0.05, 0) is 62.3 Å². The van der Waals surface area contributed by atoms with Crippen LogP contribution in [0.1, 0.15) is 63.2 Å². The van der Waals surface area contributed by atoms with Crippen LogP contribution in [0.2, 0.25) is 0 Å². The minimum absolute atomic E-state index is 0.370. The van der Waals surface area contributed by atoms with E-state index in [0.29, 0.717) is 6.10 Å². The predicted octanol–water partition coefficient (Wildman–Crippen LogP) is 4.40. The van der Waals surface area contributed by atoms with Gasteiger partial charge < -0.3 is 9.84 Å². The van der Waals surface area contributed by atoms with E-state index in [0.717, 1.165) is 22.8 Å². The van der Waals surface area contributed by atoms with E-state index in [1.54, 1.807) is 6.92 Å². The summed E-state index contributed by atoms with van der Waals surface area (Å²) >= 11 is 0. The standard InChI is InChI=1S/C17H26O2/c1-4-14-6-5-7-16(11-14)19-17-9-8-15(13(3)18)10-12(17)2/h8-10,13-14,16,18H,4-7,11H2,1-3H3/t13-,14?,16?/m0/s1. The van der Waals surface area contributed by atoms with Crippen LogP contribution in [-0.4, -0.2) is 11.2 Å². The van der Waals surface area contributed by atoms with E-state index < -0.39 is 6.10 Å². The van der Waals surface area contributed by atoms with E-state index in [1.807, 2.05) is 18.2 Å². The van der Waals surface area contributed by atoms with Gasteiger partial charge in [-0.15, -0.1) is 0 Å². The molecule has 1 aliphatic carbocycles. The van der Waals surface area contributed by atoms with Gasteiger partial charge in [0.05, 0.1) is 12.2 Å². The van der Waals surface area contributed by atoms with Gasteiger partial charge in [-0.3, -0.25) is 0 Å². The number of ether oxygens (including phenoxy) is 1. The van der Waals surface area contributed by atoms with Crippen molar-refractivity contribution in [1.82, 2.24) is 0 Å². The van der Waals surface area contributed by atoms with Crippen LogP contribution in [0, 0.1) is 12.8 Å². The van der Waals surface area contributed by atoms with Gasteiger partial charge in [0.2, 0.25) is 0 Å². The SMILES string of the molecule is CCC1CCCC(Oc2ccc([C@H](C)O)cc2C)C1. The number of hydrogen-bond donors (Lipinski definition) is 1. The average molecular weight is 262 g/mol. The molecule has 19 heavy (non-hydrogen) atoms. The fraction of sp³-hybridized carbons (Fsp3) is 0.647. The molecule has 0 radical (unpaired) electrons. The van der Waals surface area contributed by atoms with Crippen LogP contribution >= 0.6 is 0 Å². The van der Waals surface area contributed by atoms with Crippen LogP contribution < -0.4 is 4.74 Å². The van der Waals surface area contributed by atoms with Gasteiger partial charge in [0.1, 0.15) is 5.75 Å². The number of benzene rings is 1. The fourth-order valence-electron chi connectivity index (χ4n) is 2.96. The molecule has 1 aromatic carbocycles. The molecule has 0 heterocycles. The molecule has 2 nitrogen and oxygen atoms in total. The van der Waals surface area contributed by atoms with Gasteiger partial charge in [0.15, 0.2) is 0 Å². The highest BCUT2D eigenvalue weighted by Gasteiger charge is 2.22. The van der Waals surface area contributed by atoms with Crippen LogP contribution in [0.5, 0.6) is 5.75 Å². The Bertz CT molecular complexity index is 412. The first-order chi connectivity index (χ1) is 9.10. The van der Waals surface area contributed by atoms with Crippen molar-refractivity contribution in [3.05, 3.63) is 29.3 Å². The smallest absolute Gasteiger partial charge is 0.122 e. The third-order valence-electron chi connectivity index (χ3n) is 4.29. The van der Waals surface area contributed by atoms with Gasteiger partial charge in [-0.25, -0.2) is 0 Å². The number of aliphatic hydroxyl groups excluding tert-OH is 1. The number of aliphatic hydroxyl groups is 1. The molecule has 3 atom stereocenters. The first-order valence-corrected chi connectivity index (χ1v) is 7.55. The lowest BCUT2D eigenvalue weighted by atomic mass is 9.85. The fourth-order valence-corrected chi connectivity index (χ4v) is 2.96. The van der Waals surface area contributed by atoms with Crippen molar-refractivity contribution in [1.29, 1.82) is 0 Å². The lowest BCUT2D eigenvalue weighted by molar-refractivity contribution is 0.121. The van der Waals surface area contributed by atoms with Crippen molar-refractivity contribution in [3.63, 3.8) is 0 Å². The minimum Gasteiger partial charge on any atom is -0.490 e. The third-order valence-corrected chi connectivity index (χ3v) is 4.29. The quantitative estimate of drug-likeness (QED) is 0.871. The monoisotopic (exact) mass is 262 g/mol. The largest absolute Gasteiger partial charge is 0.490 e. The van der Waals surface area contributed by atoms with Gasteiger partial charge in [0, 0.05) is 0 Å². The van der Waals surface area contributed by atoms with Crippen LogP contribution in [0.3, 0.4) is 0 Å². The lowest BCUT2D eigenvalue weighted by Gasteiger charge is -2.29. The Balaban J connectivity index is 2.02. The topological polar surface area (TPSA) is 29.5 Å². The van der Waals surface area contributed by atoms with E-state index in [-0.39, 0.29) is 0 Å². The van der Waals surface area contributed by atoms with E-state index in [2.05, 4.69) is 13.8 Å². The summed E-state index contributed by atoms with van der Waals surface area (Å²) in [7, 11) is 0. The van der Waals surface area contributed by atoms with Crippen LogP contribution in [-0.2, 0) is 0 Å². The van der Waals surface area contributed by atoms with Crippen LogP contribution in [0.4, 0.5) is 0 Å². The Morgan fingerprint density at radius 1 is 1.37 bits per heavy atom. The zero-order chi connectivity index (χ0) is 13.8. The maximum absolute atomic E-state index is 9.59. The number of aryl methyl sites for hydroxylation is 1. The van der Waals surface area contributed by atoms with Gasteiger partial charge in [-0.1, -0.05) is 25.8 Å². The molecular formula is C17H26O2. The summed E-state index contributed by atoms with van der Waals surface area (Å²) in [6.45, 7) is 6.12. The second kappa shape index (κ2) is 6.42. The Kier molecular flexibility index (Phi) is 4.87. The van der Waals surface area contributed by atoms with E-state index in [1.165, 1.54) is 32.1 Å². The predicted molar refractivity (Wildman–Crippen MR) is 78.5 cm³/mol. The Morgan fingerprint density at radius 3 is 2.79 bits per heavy atom. The third kappa shape index (κ3) is 3.73. The molecular weight excluding hydrogens is 236 g/mol. The Morgan fingerprint density at radius 2 is 2.16 bits per heavy atom. The number of rotatable bonds is 4. The highest BCUT2D eigenvalue weighted by atomic mass is 16.5. The zero-order valence-corrected chi connectivity index (χ0v) is 12.4. The van der Waals surface area contributed by atoms with Crippen molar-refractivity contribution in [2.45, 2.75) is 65.1 Å². The van der Waals surface area contributed by atoms with Gasteiger partial charge in [0.25, 0.3) is 0 Å². The highest BCUT2D eigenvalue weighted by Crippen LogP contribution is 2.31. The summed E-state index contributed by atoms with van der Waals surface area (Å²) in [5.41, 5.74) is 2.08. The Labute approximate surface area is 116 Å². The van der Waals surface area contributed by atoms with E-state index >= 15 is 0 Å². The summed E-state index contributed by atoms with van der Waals surface area (Å²) in [4.78, 5) is 0. The van der Waals surface area contributed by atoms with Gasteiger partial charge >= 0.3 is 0 Å². The molecule has 0 amide bonds. The zero-order valence-electron chi connectivity index (χ0n) is 12.4. The average Bonchev–Trinajstić information content (AvgIpc) is 2.41. The van der Waals surface area contributed by atoms with Crippen LogP contribution in [0.15, 0.2) is 18.2 Å². The molecule has 1 aliphatic rings. The first-order valence-electron chi connectivity index (χ1n) is 7.55. The molecule has 1 N–H and O–H groups in total. The second-order valence-electron chi connectivity index (χ2n) is 5.88.